The Kier molecular flexibility index (Phi) is 6.62. The first-order chi connectivity index (χ1) is 11.3. The van der Waals surface area contributed by atoms with Crippen molar-refractivity contribution in [1.29, 1.82) is 0 Å². The molecule has 1 aliphatic rings. The number of carbonyl (C=O) groups excluding carboxylic acids is 1. The predicted octanol–water partition coefficient (Wildman–Crippen LogP) is 1.27. The molecule has 1 fully saturated rings. The van der Waals surface area contributed by atoms with Gasteiger partial charge in [-0.15, -0.1) is 0 Å². The smallest absolute Gasteiger partial charge is 0.223 e. The van der Waals surface area contributed by atoms with Gasteiger partial charge in [0.05, 0.1) is 6.26 Å². The molecule has 1 heterocycles. The van der Waals surface area contributed by atoms with Crippen LogP contribution in [0.4, 0.5) is 0 Å². The summed E-state index contributed by atoms with van der Waals surface area (Å²) in [6, 6.07) is 7.80. The molecule has 0 saturated carbocycles. The summed E-state index contributed by atoms with van der Waals surface area (Å²) in [5, 5.41) is 0.733. The van der Waals surface area contributed by atoms with Crippen molar-refractivity contribution < 1.29 is 13.2 Å². The summed E-state index contributed by atoms with van der Waals surface area (Å²) in [6.45, 7) is 3.99. The van der Waals surface area contributed by atoms with Gasteiger partial charge >= 0.3 is 0 Å². The van der Waals surface area contributed by atoms with Crippen LogP contribution in [0.3, 0.4) is 0 Å². The predicted molar refractivity (Wildman–Crippen MR) is 95.4 cm³/mol. The van der Waals surface area contributed by atoms with Gasteiger partial charge in [-0.1, -0.05) is 23.7 Å². The van der Waals surface area contributed by atoms with Crippen LogP contribution in [-0.2, 0) is 21.4 Å². The van der Waals surface area contributed by atoms with Crippen molar-refractivity contribution in [2.75, 3.05) is 46.0 Å². The Morgan fingerprint density at radius 1 is 1.25 bits per heavy atom. The van der Waals surface area contributed by atoms with Crippen molar-refractivity contribution in [1.82, 2.24) is 14.1 Å². The maximum Gasteiger partial charge on any atom is 0.223 e. The Bertz CT molecular complexity index is 673. The van der Waals surface area contributed by atoms with E-state index in [1.54, 1.807) is 0 Å². The molecule has 1 aromatic rings. The molecule has 0 unspecified atom stereocenters. The highest BCUT2D eigenvalue weighted by Crippen LogP contribution is 2.14. The summed E-state index contributed by atoms with van der Waals surface area (Å²) in [5.74, 6) is 0.00732. The molecule has 134 valence electrons. The molecule has 1 saturated heterocycles. The molecule has 6 nitrogen and oxygen atoms in total. The summed E-state index contributed by atoms with van der Waals surface area (Å²) in [6.07, 6.45) is 1.37. The van der Waals surface area contributed by atoms with E-state index in [1.165, 1.54) is 11.4 Å². The molecule has 0 bridgehead atoms. The SMILES string of the molecule is CN(CCC(=O)N1CCN(Cc2cccc(Cl)c2)CC1)S(C)(=O)=O. The van der Waals surface area contributed by atoms with E-state index in [1.807, 2.05) is 29.2 Å². The number of benzene rings is 1. The molecule has 1 aromatic carbocycles. The second-order valence-electron chi connectivity index (χ2n) is 6.12. The molecule has 1 aliphatic heterocycles. The Balaban J connectivity index is 1.77. The highest BCUT2D eigenvalue weighted by Gasteiger charge is 2.22. The van der Waals surface area contributed by atoms with E-state index < -0.39 is 10.0 Å². The van der Waals surface area contributed by atoms with Crippen LogP contribution in [0.25, 0.3) is 0 Å². The van der Waals surface area contributed by atoms with Crippen LogP contribution in [0.1, 0.15) is 12.0 Å². The van der Waals surface area contributed by atoms with Crippen LogP contribution in [0.5, 0.6) is 0 Å². The monoisotopic (exact) mass is 373 g/mol. The number of sulfonamides is 1. The number of hydrogen-bond donors (Lipinski definition) is 0. The molecule has 0 radical (unpaired) electrons. The molecule has 0 aliphatic carbocycles. The Hall–Kier alpha value is -1.15. The van der Waals surface area contributed by atoms with Crippen LogP contribution in [0, 0.1) is 0 Å². The van der Waals surface area contributed by atoms with Gasteiger partial charge < -0.3 is 4.90 Å². The zero-order valence-corrected chi connectivity index (χ0v) is 15.7. The van der Waals surface area contributed by atoms with E-state index in [-0.39, 0.29) is 18.9 Å². The highest BCUT2D eigenvalue weighted by atomic mass is 35.5. The number of nitrogens with zero attached hydrogens (tertiary/aromatic N) is 3. The molecule has 0 spiro atoms. The largest absolute Gasteiger partial charge is 0.340 e. The third-order valence-corrected chi connectivity index (χ3v) is 5.78. The maximum atomic E-state index is 12.2. The average Bonchev–Trinajstić information content (AvgIpc) is 2.52. The van der Waals surface area contributed by atoms with Crippen LogP contribution >= 0.6 is 11.6 Å². The lowest BCUT2D eigenvalue weighted by Crippen LogP contribution is -2.48. The van der Waals surface area contributed by atoms with Gasteiger partial charge in [0, 0.05) is 57.8 Å². The van der Waals surface area contributed by atoms with Gasteiger partial charge in [-0.05, 0) is 17.7 Å². The van der Waals surface area contributed by atoms with Crippen molar-refractivity contribution in [3.63, 3.8) is 0 Å². The minimum atomic E-state index is -3.23. The third kappa shape index (κ3) is 5.73. The van der Waals surface area contributed by atoms with E-state index >= 15 is 0 Å². The number of rotatable bonds is 6. The van der Waals surface area contributed by atoms with E-state index in [4.69, 9.17) is 11.6 Å². The van der Waals surface area contributed by atoms with Gasteiger partial charge in [-0.2, -0.15) is 0 Å². The zero-order chi connectivity index (χ0) is 17.7. The normalized spacial score (nSPS) is 16.6. The summed E-state index contributed by atoms with van der Waals surface area (Å²) in [7, 11) is -1.74. The van der Waals surface area contributed by atoms with Crippen LogP contribution < -0.4 is 0 Å². The van der Waals surface area contributed by atoms with Crippen molar-refractivity contribution in [2.24, 2.45) is 0 Å². The third-order valence-electron chi connectivity index (χ3n) is 4.23. The first kappa shape index (κ1) is 19.2. The Labute approximate surface area is 149 Å². The molecule has 1 amide bonds. The first-order valence-electron chi connectivity index (χ1n) is 7.91. The summed E-state index contributed by atoms with van der Waals surface area (Å²) >= 11 is 6.00. The summed E-state index contributed by atoms with van der Waals surface area (Å²) in [5.41, 5.74) is 1.16. The molecular formula is C16H24ClN3O3S. The minimum Gasteiger partial charge on any atom is -0.340 e. The van der Waals surface area contributed by atoms with Gasteiger partial charge in [-0.3, -0.25) is 9.69 Å². The van der Waals surface area contributed by atoms with Crippen molar-refractivity contribution in [3.8, 4) is 0 Å². The van der Waals surface area contributed by atoms with Crippen molar-refractivity contribution in [3.05, 3.63) is 34.9 Å². The van der Waals surface area contributed by atoms with Crippen LogP contribution in [0.15, 0.2) is 24.3 Å². The fourth-order valence-corrected chi connectivity index (χ4v) is 3.26. The lowest BCUT2D eigenvalue weighted by molar-refractivity contribution is -0.133. The highest BCUT2D eigenvalue weighted by molar-refractivity contribution is 7.88. The second-order valence-corrected chi connectivity index (χ2v) is 8.65. The number of carbonyl (C=O) groups is 1. The minimum absolute atomic E-state index is 0.00732. The van der Waals surface area contributed by atoms with Gasteiger partial charge in [0.15, 0.2) is 0 Å². The second kappa shape index (κ2) is 8.29. The fourth-order valence-electron chi connectivity index (χ4n) is 2.63. The fraction of sp³-hybridized carbons (Fsp3) is 0.562. The number of amides is 1. The quantitative estimate of drug-likeness (QED) is 0.753. The van der Waals surface area contributed by atoms with Crippen LogP contribution in [-0.4, -0.2) is 74.5 Å². The lowest BCUT2D eigenvalue weighted by atomic mass is 10.2. The standard InChI is InChI=1S/C16H24ClN3O3S/c1-18(24(2,22)23)7-6-16(21)20-10-8-19(9-11-20)13-14-4-3-5-15(17)12-14/h3-5,12H,6-11,13H2,1-2H3. The molecule has 8 heteroatoms. The number of halogens is 1. The zero-order valence-electron chi connectivity index (χ0n) is 14.1. The van der Waals surface area contributed by atoms with Gasteiger partial charge in [0.1, 0.15) is 0 Å². The molecule has 0 N–H and O–H groups in total. The summed E-state index contributed by atoms with van der Waals surface area (Å²) in [4.78, 5) is 16.3. The maximum absolute atomic E-state index is 12.2. The molecule has 0 atom stereocenters. The average molecular weight is 374 g/mol. The van der Waals surface area contributed by atoms with Crippen LogP contribution in [0.2, 0.25) is 5.02 Å². The molecule has 2 rings (SSSR count). The number of piperazine rings is 1. The molecular weight excluding hydrogens is 350 g/mol. The van der Waals surface area contributed by atoms with Gasteiger partial charge in [0.2, 0.25) is 15.9 Å². The van der Waals surface area contributed by atoms with Gasteiger partial charge in [-0.25, -0.2) is 12.7 Å². The van der Waals surface area contributed by atoms with E-state index in [0.717, 1.165) is 36.5 Å². The van der Waals surface area contributed by atoms with Crippen molar-refractivity contribution in [2.45, 2.75) is 13.0 Å². The first-order valence-corrected chi connectivity index (χ1v) is 10.1. The molecule has 0 aromatic heterocycles. The van der Waals surface area contributed by atoms with E-state index in [2.05, 4.69) is 4.90 Å². The molecule has 24 heavy (non-hydrogen) atoms. The van der Waals surface area contributed by atoms with E-state index in [0.29, 0.717) is 13.1 Å². The topological polar surface area (TPSA) is 60.9 Å². The lowest BCUT2D eigenvalue weighted by Gasteiger charge is -2.35. The summed E-state index contributed by atoms with van der Waals surface area (Å²) < 4.78 is 23.9. The Morgan fingerprint density at radius 3 is 2.50 bits per heavy atom. The van der Waals surface area contributed by atoms with Gasteiger partial charge in [0.25, 0.3) is 0 Å². The van der Waals surface area contributed by atoms with Crippen molar-refractivity contribution >= 4 is 27.5 Å². The van der Waals surface area contributed by atoms with E-state index in [9.17, 15) is 13.2 Å². The Morgan fingerprint density at radius 2 is 1.92 bits per heavy atom. The number of hydrogen-bond acceptors (Lipinski definition) is 4.